The summed E-state index contributed by atoms with van der Waals surface area (Å²) in [5, 5.41) is 5.09. The molecule has 6 nitrogen and oxygen atoms in total. The molecule has 1 heterocycles. The monoisotopic (exact) mass is 259 g/mol. The molecule has 2 aromatic rings. The minimum Gasteiger partial charge on any atom is -0.432 e. The van der Waals surface area contributed by atoms with Gasteiger partial charge in [0.15, 0.2) is 0 Å². The van der Waals surface area contributed by atoms with E-state index in [1.165, 1.54) is 6.26 Å². The van der Waals surface area contributed by atoms with E-state index in [1.807, 2.05) is 0 Å². The Hall–Kier alpha value is -2.63. The third-order valence-electron chi connectivity index (χ3n) is 2.59. The van der Waals surface area contributed by atoms with Crippen molar-refractivity contribution in [2.75, 3.05) is 10.6 Å². The van der Waals surface area contributed by atoms with Gasteiger partial charge >= 0.3 is 12.0 Å². The van der Waals surface area contributed by atoms with Crippen LogP contribution in [0.1, 0.15) is 21.6 Å². The van der Waals surface area contributed by atoms with Gasteiger partial charge in [0.25, 0.3) is 0 Å². The van der Waals surface area contributed by atoms with E-state index in [4.69, 9.17) is 4.42 Å². The number of hydrogen-bond acceptors (Lipinski definition) is 4. The Morgan fingerprint density at radius 1 is 1.32 bits per heavy atom. The van der Waals surface area contributed by atoms with Gasteiger partial charge in [0, 0.05) is 11.3 Å². The van der Waals surface area contributed by atoms with Gasteiger partial charge in [0.2, 0.25) is 0 Å². The van der Waals surface area contributed by atoms with Gasteiger partial charge in [0.1, 0.15) is 12.5 Å². The van der Waals surface area contributed by atoms with Crippen LogP contribution in [0.4, 0.5) is 16.5 Å². The van der Waals surface area contributed by atoms with Gasteiger partial charge in [-0.1, -0.05) is 12.1 Å². The number of aromatic nitrogens is 1. The second kappa shape index (κ2) is 5.34. The molecule has 0 saturated carbocycles. The van der Waals surface area contributed by atoms with Gasteiger partial charge in [-0.05, 0) is 25.5 Å². The van der Waals surface area contributed by atoms with Crippen molar-refractivity contribution in [3.05, 3.63) is 41.3 Å². The summed E-state index contributed by atoms with van der Waals surface area (Å²) in [6.07, 6.45) is 2.18. The molecule has 0 aliphatic carbocycles. The number of rotatable bonds is 3. The van der Waals surface area contributed by atoms with Crippen LogP contribution >= 0.6 is 0 Å². The lowest BCUT2D eigenvalue weighted by molar-refractivity contribution is 0.112. The molecule has 0 aliphatic rings. The zero-order chi connectivity index (χ0) is 13.8. The summed E-state index contributed by atoms with van der Waals surface area (Å²) in [5.41, 5.74) is 2.47. The third-order valence-corrected chi connectivity index (χ3v) is 2.59. The Morgan fingerprint density at radius 3 is 2.74 bits per heavy atom. The fourth-order valence-corrected chi connectivity index (χ4v) is 1.58. The van der Waals surface area contributed by atoms with Crippen molar-refractivity contribution in [1.82, 2.24) is 4.98 Å². The van der Waals surface area contributed by atoms with Crippen molar-refractivity contribution in [3.8, 4) is 0 Å². The molecule has 6 heteroatoms. The molecule has 1 aromatic heterocycles. The summed E-state index contributed by atoms with van der Waals surface area (Å²) in [6, 6.07) is 4.74. The predicted octanol–water partition coefficient (Wildman–Crippen LogP) is 2.75. The second-order valence-electron chi connectivity index (χ2n) is 4.01. The van der Waals surface area contributed by atoms with Gasteiger partial charge in [-0.3, -0.25) is 10.1 Å². The topological polar surface area (TPSA) is 84.2 Å². The van der Waals surface area contributed by atoms with E-state index in [-0.39, 0.29) is 6.01 Å². The van der Waals surface area contributed by atoms with Crippen molar-refractivity contribution in [2.45, 2.75) is 13.8 Å². The van der Waals surface area contributed by atoms with Gasteiger partial charge < -0.3 is 9.73 Å². The molecule has 1 aromatic carbocycles. The van der Waals surface area contributed by atoms with Crippen LogP contribution < -0.4 is 10.6 Å². The van der Waals surface area contributed by atoms with Crippen molar-refractivity contribution in [2.24, 2.45) is 0 Å². The molecule has 2 amide bonds. The first-order chi connectivity index (χ1) is 9.10. The number of aldehydes is 1. The van der Waals surface area contributed by atoms with Crippen molar-refractivity contribution < 1.29 is 14.0 Å². The van der Waals surface area contributed by atoms with Gasteiger partial charge in [-0.2, -0.15) is 4.98 Å². The SMILES string of the molecule is Cc1coc(NC(=O)Nc2cccc(C=O)c2C)n1. The zero-order valence-electron chi connectivity index (χ0n) is 10.6. The molecule has 0 aliphatic heterocycles. The first kappa shape index (κ1) is 12.8. The van der Waals surface area contributed by atoms with E-state index in [0.29, 0.717) is 22.5 Å². The van der Waals surface area contributed by atoms with Gasteiger partial charge in [-0.25, -0.2) is 4.79 Å². The lowest BCUT2D eigenvalue weighted by Gasteiger charge is -2.09. The van der Waals surface area contributed by atoms with Gasteiger partial charge in [-0.15, -0.1) is 0 Å². The van der Waals surface area contributed by atoms with Crippen LogP contribution in [-0.4, -0.2) is 17.3 Å². The maximum atomic E-state index is 11.7. The average Bonchev–Trinajstić information content (AvgIpc) is 2.77. The molecular formula is C13H13N3O3. The first-order valence-electron chi connectivity index (χ1n) is 5.65. The summed E-state index contributed by atoms with van der Waals surface area (Å²) < 4.78 is 5.01. The molecule has 98 valence electrons. The smallest absolute Gasteiger partial charge is 0.327 e. The molecule has 0 spiro atoms. The summed E-state index contributed by atoms with van der Waals surface area (Å²) in [6.45, 7) is 3.51. The number of oxazole rings is 1. The van der Waals surface area contributed by atoms with Crippen LogP contribution in [0.2, 0.25) is 0 Å². The Labute approximate surface area is 109 Å². The lowest BCUT2D eigenvalue weighted by Crippen LogP contribution is -2.20. The number of anilines is 2. The summed E-state index contributed by atoms with van der Waals surface area (Å²) in [5.74, 6) is 0. The Balaban J connectivity index is 2.09. The quantitative estimate of drug-likeness (QED) is 0.830. The van der Waals surface area contributed by atoms with Crippen LogP contribution in [0.5, 0.6) is 0 Å². The largest absolute Gasteiger partial charge is 0.432 e. The van der Waals surface area contributed by atoms with Crippen LogP contribution in [-0.2, 0) is 0 Å². The maximum absolute atomic E-state index is 11.7. The molecular weight excluding hydrogens is 246 g/mol. The fraction of sp³-hybridized carbons (Fsp3) is 0.154. The number of nitrogens with zero attached hydrogens (tertiary/aromatic N) is 1. The van der Waals surface area contributed by atoms with Crippen LogP contribution in [0.15, 0.2) is 28.9 Å². The van der Waals surface area contributed by atoms with Crippen molar-refractivity contribution >= 4 is 24.0 Å². The highest BCUT2D eigenvalue weighted by Crippen LogP contribution is 2.18. The molecule has 2 N–H and O–H groups in total. The summed E-state index contributed by atoms with van der Waals surface area (Å²) in [4.78, 5) is 26.5. The zero-order valence-corrected chi connectivity index (χ0v) is 10.6. The summed E-state index contributed by atoms with van der Waals surface area (Å²) in [7, 11) is 0. The fourth-order valence-electron chi connectivity index (χ4n) is 1.58. The van der Waals surface area contributed by atoms with E-state index in [2.05, 4.69) is 15.6 Å². The van der Waals surface area contributed by atoms with Crippen molar-refractivity contribution in [1.29, 1.82) is 0 Å². The van der Waals surface area contributed by atoms with Gasteiger partial charge in [0.05, 0.1) is 5.69 Å². The Kier molecular flexibility index (Phi) is 3.61. The third kappa shape index (κ3) is 2.98. The minimum atomic E-state index is -0.479. The first-order valence-corrected chi connectivity index (χ1v) is 5.65. The molecule has 0 fully saturated rings. The normalized spacial score (nSPS) is 10.0. The van der Waals surface area contributed by atoms with E-state index < -0.39 is 6.03 Å². The highest BCUT2D eigenvalue weighted by Gasteiger charge is 2.09. The number of aryl methyl sites for hydroxylation is 1. The molecule has 2 rings (SSSR count). The van der Waals surface area contributed by atoms with Crippen molar-refractivity contribution in [3.63, 3.8) is 0 Å². The molecule has 19 heavy (non-hydrogen) atoms. The number of carbonyl (C=O) groups is 2. The standard InChI is InChI=1S/C13H13N3O3/c1-8-7-19-13(14-8)16-12(18)15-11-5-3-4-10(6-17)9(11)2/h3-7H,1-2H3,(H2,14,15,16,18). The number of nitrogens with one attached hydrogen (secondary N) is 2. The minimum absolute atomic E-state index is 0.124. The van der Waals surface area contributed by atoms with E-state index in [0.717, 1.165) is 6.29 Å². The number of carbonyl (C=O) groups excluding carboxylic acids is 2. The Bertz CT molecular complexity index is 619. The molecule has 0 bridgehead atoms. The molecule has 0 unspecified atom stereocenters. The lowest BCUT2D eigenvalue weighted by atomic mass is 10.1. The Morgan fingerprint density at radius 2 is 2.11 bits per heavy atom. The van der Waals surface area contributed by atoms with Crippen LogP contribution in [0.3, 0.4) is 0 Å². The van der Waals surface area contributed by atoms with E-state index in [1.54, 1.807) is 32.0 Å². The summed E-state index contributed by atoms with van der Waals surface area (Å²) >= 11 is 0. The number of urea groups is 1. The van der Waals surface area contributed by atoms with E-state index in [9.17, 15) is 9.59 Å². The van der Waals surface area contributed by atoms with E-state index >= 15 is 0 Å². The number of amides is 2. The van der Waals surface area contributed by atoms with Crippen LogP contribution in [0.25, 0.3) is 0 Å². The molecule has 0 atom stereocenters. The average molecular weight is 259 g/mol. The van der Waals surface area contributed by atoms with Crippen LogP contribution in [0, 0.1) is 13.8 Å². The molecule has 0 saturated heterocycles. The maximum Gasteiger partial charge on any atom is 0.327 e. The highest BCUT2D eigenvalue weighted by molar-refractivity contribution is 5.99. The number of hydrogen-bond donors (Lipinski definition) is 2. The predicted molar refractivity (Wildman–Crippen MR) is 70.4 cm³/mol. The molecule has 0 radical (unpaired) electrons. The highest BCUT2D eigenvalue weighted by atomic mass is 16.4. The number of benzene rings is 1. The second-order valence-corrected chi connectivity index (χ2v) is 4.01.